The Hall–Kier alpha value is 0.748. The minimum Gasteiger partial charge on any atom is -1.00 e. The van der Waals surface area contributed by atoms with E-state index >= 15 is 0 Å². The molecule has 1 radical (unpaired) electrons. The molecule has 0 unspecified atom stereocenters. The van der Waals surface area contributed by atoms with Crippen LogP contribution in [0.25, 0.3) is 0 Å². The monoisotopic (exact) mass is 558 g/mol. The fourth-order valence-corrected chi connectivity index (χ4v) is 13.2. The van der Waals surface area contributed by atoms with Crippen molar-refractivity contribution in [1.29, 1.82) is 0 Å². The molecule has 0 amide bonds. The average Bonchev–Trinajstić information content (AvgIpc) is 3.07. The smallest absolute Gasteiger partial charge is 0.762 e. The van der Waals surface area contributed by atoms with Crippen LogP contribution < -0.4 is 4.70 Å². The number of hydrogen-bond acceptors (Lipinski definition) is 0. The van der Waals surface area contributed by atoms with Crippen LogP contribution in [0.15, 0.2) is 24.3 Å². The zero-order valence-electron chi connectivity index (χ0n) is 19.1. The first-order chi connectivity index (χ1) is 13.3. The maximum absolute atomic E-state index is 9.67. The Kier molecular flexibility index (Phi) is 21.1. The van der Waals surface area contributed by atoms with Crippen LogP contribution in [-0.4, -0.2) is 42.5 Å². The van der Waals surface area contributed by atoms with Gasteiger partial charge in [0, 0.05) is 35.3 Å². The first-order valence-electron chi connectivity index (χ1n) is 11.3. The van der Waals surface area contributed by atoms with Crippen LogP contribution >= 0.6 is 15.8 Å². The molecule has 2 saturated heterocycles. The van der Waals surface area contributed by atoms with E-state index < -0.39 is 7.54 Å². The molecule has 179 valence electrons. The van der Waals surface area contributed by atoms with Gasteiger partial charge in [-0.1, -0.05) is 24.3 Å². The Bertz CT molecular complexity index is 396. The van der Waals surface area contributed by atoms with E-state index in [0.29, 0.717) is 0 Å². The SMILES string of the molecule is C1=C\CC/C=C\CC/1.C[C@@H]1CC[C@@H](C)[PH+]1CC[PH+]1[C@H](C)CC[C@H]1C.FB(F)F.[F-].[Rh]. The number of halogens is 4. The van der Waals surface area contributed by atoms with Gasteiger partial charge in [0.25, 0.3) is 0 Å². The van der Waals surface area contributed by atoms with Crippen LogP contribution in [-0.2, 0) is 19.5 Å². The molecule has 0 aromatic rings. The van der Waals surface area contributed by atoms with E-state index in [2.05, 4.69) is 52.0 Å². The van der Waals surface area contributed by atoms with Gasteiger partial charge in [0.15, 0.2) is 0 Å². The summed E-state index contributed by atoms with van der Waals surface area (Å²) < 4.78 is 29.0. The summed E-state index contributed by atoms with van der Waals surface area (Å²) in [5, 5.41) is 0. The molecule has 0 aromatic carbocycles. The van der Waals surface area contributed by atoms with Gasteiger partial charge in [-0.25, -0.2) is 0 Å². The molecule has 2 aliphatic heterocycles. The van der Waals surface area contributed by atoms with Crippen molar-refractivity contribution in [2.24, 2.45) is 0 Å². The predicted molar refractivity (Wildman–Crippen MR) is 129 cm³/mol. The molecule has 2 fully saturated rings. The number of allylic oxidation sites excluding steroid dienone is 4. The summed E-state index contributed by atoms with van der Waals surface area (Å²) in [6.07, 6.45) is 23.5. The Morgan fingerprint density at radius 2 is 0.833 bits per heavy atom. The molecule has 3 rings (SSSR count). The molecule has 30 heavy (non-hydrogen) atoms. The van der Waals surface area contributed by atoms with Gasteiger partial charge in [-0.2, -0.15) is 0 Å². The molecular weight excluding hydrogens is 516 g/mol. The second kappa shape index (κ2) is 19.2. The maximum Gasteiger partial charge on any atom is 0.762 e. The molecule has 0 aromatic heterocycles. The largest absolute Gasteiger partial charge is 1.00 e. The molecule has 0 nitrogen and oxygen atoms in total. The standard InChI is InChI=1S/C14H28P2.C8H12.BF3.FH.Rh/c1-11-5-6-12(2)15(11)9-10-16-13(3)7-8-14(16)4;1-2-4-6-8-7-5-3-1;2-1(3)4;;/h11-14H,5-10H2,1-4H3;1-2,7-8H,3-6H2;;1H;/p+1/b;2-1-,8-7-;;;/t11-,12-,13-,14-;;;;/m1..../s1. The van der Waals surface area contributed by atoms with Crippen molar-refractivity contribution in [3.05, 3.63) is 24.3 Å². The summed E-state index contributed by atoms with van der Waals surface area (Å²) in [6, 6.07) is 0. The van der Waals surface area contributed by atoms with E-state index in [4.69, 9.17) is 0 Å². The quantitative estimate of drug-likeness (QED) is 0.196. The predicted octanol–water partition coefficient (Wildman–Crippen LogP) is 5.11. The third-order valence-electron chi connectivity index (χ3n) is 6.63. The number of hydrogen-bond donors (Lipinski definition) is 0. The molecular formula is C22H42BF4P2Rh+. The van der Waals surface area contributed by atoms with Crippen LogP contribution in [0.5, 0.6) is 0 Å². The molecule has 0 spiro atoms. The van der Waals surface area contributed by atoms with Gasteiger partial charge in [0.1, 0.15) is 0 Å². The molecule has 0 bridgehead atoms. The summed E-state index contributed by atoms with van der Waals surface area (Å²) in [5.74, 6) is 0. The van der Waals surface area contributed by atoms with Crippen LogP contribution in [0.4, 0.5) is 12.9 Å². The first-order valence-corrected chi connectivity index (χ1v) is 15.0. The Morgan fingerprint density at radius 1 is 0.633 bits per heavy atom. The second-order valence-corrected chi connectivity index (χ2v) is 16.0. The van der Waals surface area contributed by atoms with Crippen LogP contribution in [0, 0.1) is 0 Å². The molecule has 2 heterocycles. The van der Waals surface area contributed by atoms with Crippen molar-refractivity contribution in [3.8, 4) is 0 Å². The van der Waals surface area contributed by atoms with Gasteiger partial charge in [-0.15, -0.1) is 0 Å². The number of rotatable bonds is 3. The Morgan fingerprint density at radius 3 is 1.03 bits per heavy atom. The van der Waals surface area contributed by atoms with Gasteiger partial charge in [0.05, 0.1) is 35.0 Å². The fourth-order valence-electron chi connectivity index (χ4n) is 4.84. The van der Waals surface area contributed by atoms with Crippen molar-refractivity contribution in [2.75, 3.05) is 12.3 Å². The summed E-state index contributed by atoms with van der Waals surface area (Å²) in [6.45, 7) is 10.2. The van der Waals surface area contributed by atoms with E-state index in [9.17, 15) is 12.9 Å². The van der Waals surface area contributed by atoms with Crippen molar-refractivity contribution in [1.82, 2.24) is 0 Å². The summed E-state index contributed by atoms with van der Waals surface area (Å²) >= 11 is 0. The summed E-state index contributed by atoms with van der Waals surface area (Å²) in [4.78, 5) is 0. The third kappa shape index (κ3) is 14.0. The van der Waals surface area contributed by atoms with Gasteiger partial charge >= 0.3 is 7.54 Å². The Labute approximate surface area is 198 Å². The average molecular weight is 558 g/mol. The first kappa shape index (κ1) is 32.9. The second-order valence-electron chi connectivity index (χ2n) is 8.75. The minimum atomic E-state index is -3.67. The Balaban J connectivity index is 0. The van der Waals surface area contributed by atoms with Gasteiger partial charge < -0.3 is 4.70 Å². The minimum absolute atomic E-state index is 0. The van der Waals surface area contributed by atoms with Crippen molar-refractivity contribution < 1.29 is 37.1 Å². The molecule has 0 saturated carbocycles. The molecule has 3 aliphatic rings. The topological polar surface area (TPSA) is 0 Å². The normalized spacial score (nSPS) is 30.8. The van der Waals surface area contributed by atoms with Gasteiger partial charge in [-0.05, 0) is 79.1 Å². The molecule has 0 N–H and O–H groups in total. The van der Waals surface area contributed by atoms with Crippen molar-refractivity contribution in [2.45, 2.75) is 102 Å². The van der Waals surface area contributed by atoms with E-state index in [-0.39, 0.29) is 40.0 Å². The van der Waals surface area contributed by atoms with Crippen LogP contribution in [0.2, 0.25) is 0 Å². The summed E-state index contributed by atoms with van der Waals surface area (Å²) in [5.41, 5.74) is 4.48. The van der Waals surface area contributed by atoms with Crippen LogP contribution in [0.3, 0.4) is 0 Å². The fraction of sp³-hybridized carbons (Fsp3) is 0.818. The molecule has 8 heteroatoms. The van der Waals surface area contributed by atoms with E-state index in [1.807, 2.05) is 0 Å². The van der Waals surface area contributed by atoms with Crippen molar-refractivity contribution >= 4 is 23.4 Å². The van der Waals surface area contributed by atoms with Gasteiger partial charge in [-0.3, -0.25) is 12.9 Å². The van der Waals surface area contributed by atoms with E-state index in [1.54, 1.807) is 38.0 Å². The van der Waals surface area contributed by atoms with Crippen molar-refractivity contribution in [3.63, 3.8) is 0 Å². The zero-order valence-corrected chi connectivity index (χ0v) is 22.8. The molecule has 1 aliphatic carbocycles. The van der Waals surface area contributed by atoms with E-state index in [0.717, 1.165) is 22.6 Å². The summed E-state index contributed by atoms with van der Waals surface area (Å²) in [7, 11) is -3.62. The van der Waals surface area contributed by atoms with Crippen LogP contribution in [0.1, 0.15) is 79.1 Å². The van der Waals surface area contributed by atoms with E-state index in [1.165, 1.54) is 25.7 Å². The van der Waals surface area contributed by atoms with Gasteiger partial charge in [0.2, 0.25) is 0 Å². The molecule has 4 atom stereocenters. The maximum atomic E-state index is 9.67. The zero-order chi connectivity index (χ0) is 20.9. The third-order valence-corrected chi connectivity index (χ3v) is 15.0.